The van der Waals surface area contributed by atoms with Gasteiger partial charge in [-0.05, 0) is 18.6 Å². The lowest BCUT2D eigenvalue weighted by molar-refractivity contribution is 0.395. The standard InChI is InChI=1S/C14H18N4O2/c1-19-10-4-3-5-11(20-2)13(10)14-17-16-12-7-6-9(15)8-18(12)14/h3-5,9H,6-8,15H2,1-2H3. The van der Waals surface area contributed by atoms with E-state index in [1.54, 1.807) is 14.2 Å². The largest absolute Gasteiger partial charge is 0.496 e. The Bertz CT molecular complexity index is 601. The predicted octanol–water partition coefficient (Wildman–Crippen LogP) is 1.24. The maximum absolute atomic E-state index is 6.06. The molecule has 1 aromatic heterocycles. The minimum atomic E-state index is 0.137. The third-order valence-corrected chi connectivity index (χ3v) is 3.63. The topological polar surface area (TPSA) is 75.2 Å². The second-order valence-electron chi connectivity index (χ2n) is 4.89. The Morgan fingerprint density at radius 3 is 2.55 bits per heavy atom. The minimum absolute atomic E-state index is 0.137. The summed E-state index contributed by atoms with van der Waals surface area (Å²) < 4.78 is 12.9. The molecule has 0 saturated carbocycles. The van der Waals surface area contributed by atoms with Crippen LogP contribution >= 0.6 is 0 Å². The highest BCUT2D eigenvalue weighted by molar-refractivity contribution is 5.72. The predicted molar refractivity (Wildman–Crippen MR) is 74.9 cm³/mol. The molecule has 0 amide bonds. The van der Waals surface area contributed by atoms with E-state index in [-0.39, 0.29) is 6.04 Å². The molecule has 0 bridgehead atoms. The second kappa shape index (κ2) is 5.13. The van der Waals surface area contributed by atoms with Crippen molar-refractivity contribution in [2.24, 2.45) is 5.73 Å². The van der Waals surface area contributed by atoms with Crippen molar-refractivity contribution in [2.75, 3.05) is 14.2 Å². The zero-order valence-corrected chi connectivity index (χ0v) is 11.7. The van der Waals surface area contributed by atoms with Gasteiger partial charge in [0.15, 0.2) is 5.82 Å². The van der Waals surface area contributed by atoms with E-state index in [1.165, 1.54) is 0 Å². The SMILES string of the molecule is COc1cccc(OC)c1-c1nnc2n1CC(N)CC2. The molecule has 2 heterocycles. The number of aromatic nitrogens is 3. The maximum atomic E-state index is 6.06. The molecule has 6 nitrogen and oxygen atoms in total. The van der Waals surface area contributed by atoms with E-state index in [1.807, 2.05) is 18.2 Å². The normalized spacial score (nSPS) is 17.6. The molecule has 6 heteroatoms. The van der Waals surface area contributed by atoms with Crippen molar-refractivity contribution in [3.8, 4) is 22.9 Å². The molecule has 106 valence electrons. The third-order valence-electron chi connectivity index (χ3n) is 3.63. The molecule has 1 unspecified atom stereocenters. The van der Waals surface area contributed by atoms with Gasteiger partial charge in [-0.15, -0.1) is 10.2 Å². The molecule has 1 aliphatic heterocycles. The highest BCUT2D eigenvalue weighted by Gasteiger charge is 2.25. The highest BCUT2D eigenvalue weighted by atomic mass is 16.5. The van der Waals surface area contributed by atoms with Crippen LogP contribution in [0.4, 0.5) is 0 Å². The zero-order valence-electron chi connectivity index (χ0n) is 11.7. The molecule has 0 aliphatic carbocycles. The number of ether oxygens (including phenoxy) is 2. The van der Waals surface area contributed by atoms with Crippen molar-refractivity contribution in [2.45, 2.75) is 25.4 Å². The average molecular weight is 274 g/mol. The molecule has 0 radical (unpaired) electrons. The Balaban J connectivity index is 2.17. The fourth-order valence-corrected chi connectivity index (χ4v) is 2.61. The van der Waals surface area contributed by atoms with Gasteiger partial charge in [0.05, 0.1) is 14.2 Å². The van der Waals surface area contributed by atoms with Gasteiger partial charge < -0.3 is 19.8 Å². The van der Waals surface area contributed by atoms with E-state index in [0.29, 0.717) is 0 Å². The van der Waals surface area contributed by atoms with Gasteiger partial charge in [-0.25, -0.2) is 0 Å². The number of nitrogens with two attached hydrogens (primary N) is 1. The van der Waals surface area contributed by atoms with Gasteiger partial charge in [0.2, 0.25) is 0 Å². The summed E-state index contributed by atoms with van der Waals surface area (Å²) >= 11 is 0. The lowest BCUT2D eigenvalue weighted by Crippen LogP contribution is -2.32. The number of aryl methyl sites for hydroxylation is 1. The molecule has 1 aromatic carbocycles. The molecule has 20 heavy (non-hydrogen) atoms. The molecule has 0 saturated heterocycles. The summed E-state index contributed by atoms with van der Waals surface area (Å²) in [6.45, 7) is 0.721. The van der Waals surface area contributed by atoms with Gasteiger partial charge in [-0.3, -0.25) is 0 Å². The first-order valence-electron chi connectivity index (χ1n) is 6.63. The van der Waals surface area contributed by atoms with Crippen LogP contribution in [-0.2, 0) is 13.0 Å². The summed E-state index contributed by atoms with van der Waals surface area (Å²) in [4.78, 5) is 0. The van der Waals surface area contributed by atoms with E-state index in [4.69, 9.17) is 15.2 Å². The molecule has 1 aliphatic rings. The van der Waals surface area contributed by atoms with Crippen LogP contribution in [0, 0.1) is 0 Å². The van der Waals surface area contributed by atoms with Crippen LogP contribution in [0.2, 0.25) is 0 Å². The van der Waals surface area contributed by atoms with E-state index < -0.39 is 0 Å². The molecule has 2 N–H and O–H groups in total. The summed E-state index contributed by atoms with van der Waals surface area (Å²) in [7, 11) is 3.27. The Hall–Kier alpha value is -2.08. The van der Waals surface area contributed by atoms with Crippen LogP contribution < -0.4 is 15.2 Å². The Kier molecular flexibility index (Phi) is 3.31. The van der Waals surface area contributed by atoms with Gasteiger partial charge >= 0.3 is 0 Å². The van der Waals surface area contributed by atoms with Crippen molar-refractivity contribution in [1.82, 2.24) is 14.8 Å². The molecular weight excluding hydrogens is 256 g/mol. The first-order valence-corrected chi connectivity index (χ1v) is 6.63. The van der Waals surface area contributed by atoms with Crippen molar-refractivity contribution in [3.63, 3.8) is 0 Å². The van der Waals surface area contributed by atoms with Crippen LogP contribution in [0.25, 0.3) is 11.4 Å². The summed E-state index contributed by atoms with van der Waals surface area (Å²) in [6, 6.07) is 5.81. The molecule has 0 fully saturated rings. The lowest BCUT2D eigenvalue weighted by Gasteiger charge is -2.21. The number of nitrogens with zero attached hydrogens (tertiary/aromatic N) is 3. The Morgan fingerprint density at radius 1 is 1.20 bits per heavy atom. The van der Waals surface area contributed by atoms with Gasteiger partial charge in [-0.2, -0.15) is 0 Å². The van der Waals surface area contributed by atoms with Crippen molar-refractivity contribution in [3.05, 3.63) is 24.0 Å². The van der Waals surface area contributed by atoms with Crippen LogP contribution in [0.3, 0.4) is 0 Å². The highest BCUT2D eigenvalue weighted by Crippen LogP contribution is 2.38. The monoisotopic (exact) mass is 274 g/mol. The van der Waals surface area contributed by atoms with Crippen molar-refractivity contribution >= 4 is 0 Å². The molecule has 3 rings (SSSR count). The molecular formula is C14H18N4O2. The number of methoxy groups -OCH3 is 2. The van der Waals surface area contributed by atoms with Crippen molar-refractivity contribution < 1.29 is 9.47 Å². The van der Waals surface area contributed by atoms with E-state index >= 15 is 0 Å². The van der Waals surface area contributed by atoms with Crippen LogP contribution in [0.15, 0.2) is 18.2 Å². The summed E-state index contributed by atoms with van der Waals surface area (Å²) in [5, 5.41) is 8.58. The maximum Gasteiger partial charge on any atom is 0.171 e. The lowest BCUT2D eigenvalue weighted by atomic mass is 10.1. The van der Waals surface area contributed by atoms with Gasteiger partial charge in [0.1, 0.15) is 22.9 Å². The fourth-order valence-electron chi connectivity index (χ4n) is 2.61. The molecule has 1 atom stereocenters. The fraction of sp³-hybridized carbons (Fsp3) is 0.429. The quantitative estimate of drug-likeness (QED) is 0.911. The van der Waals surface area contributed by atoms with Gasteiger partial charge in [-0.1, -0.05) is 6.07 Å². The first kappa shape index (κ1) is 12.9. The number of fused-ring (bicyclic) bond motifs is 1. The third kappa shape index (κ3) is 2.02. The summed E-state index contributed by atoms with van der Waals surface area (Å²) in [6.07, 6.45) is 1.80. The van der Waals surface area contributed by atoms with Crippen LogP contribution in [0.5, 0.6) is 11.5 Å². The Labute approximate surface area is 117 Å². The van der Waals surface area contributed by atoms with Crippen molar-refractivity contribution in [1.29, 1.82) is 0 Å². The van der Waals surface area contributed by atoms with E-state index in [9.17, 15) is 0 Å². The second-order valence-corrected chi connectivity index (χ2v) is 4.89. The summed E-state index contributed by atoms with van der Waals surface area (Å²) in [5.41, 5.74) is 6.88. The first-order chi connectivity index (χ1) is 9.74. The van der Waals surface area contributed by atoms with E-state index in [2.05, 4.69) is 14.8 Å². The summed E-state index contributed by atoms with van der Waals surface area (Å²) in [5.74, 6) is 3.16. The Morgan fingerprint density at radius 2 is 1.90 bits per heavy atom. The molecule has 2 aromatic rings. The number of hydrogen-bond donors (Lipinski definition) is 1. The van der Waals surface area contributed by atoms with Crippen LogP contribution in [-0.4, -0.2) is 35.0 Å². The van der Waals surface area contributed by atoms with Gasteiger partial charge in [0.25, 0.3) is 0 Å². The van der Waals surface area contributed by atoms with Crippen LogP contribution in [0.1, 0.15) is 12.2 Å². The molecule has 0 spiro atoms. The van der Waals surface area contributed by atoms with E-state index in [0.717, 1.165) is 48.1 Å². The zero-order chi connectivity index (χ0) is 14.1. The number of hydrogen-bond acceptors (Lipinski definition) is 5. The van der Waals surface area contributed by atoms with Gasteiger partial charge in [0, 0.05) is 19.0 Å². The number of benzene rings is 1. The number of rotatable bonds is 3. The smallest absolute Gasteiger partial charge is 0.171 e. The minimum Gasteiger partial charge on any atom is -0.496 e. The average Bonchev–Trinajstić information content (AvgIpc) is 2.88.